The predicted molar refractivity (Wildman–Crippen MR) is 119 cm³/mol. The topological polar surface area (TPSA) is 38.8 Å². The summed E-state index contributed by atoms with van der Waals surface area (Å²) in [6.07, 6.45) is 2.65. The minimum atomic E-state index is -0.0304. The van der Waals surface area contributed by atoms with Gasteiger partial charge in [-0.15, -0.1) is 0 Å². The normalized spacial score (nSPS) is 15.4. The van der Waals surface area contributed by atoms with Gasteiger partial charge in [-0.1, -0.05) is 48.2 Å². The lowest BCUT2D eigenvalue weighted by Crippen LogP contribution is -2.27. The van der Waals surface area contributed by atoms with Crippen LogP contribution in [0.15, 0.2) is 53.4 Å². The molecule has 0 bridgehead atoms. The van der Waals surface area contributed by atoms with Gasteiger partial charge in [0.1, 0.15) is 15.8 Å². The number of carbonyl (C=O) groups is 1. The van der Waals surface area contributed by atoms with Crippen LogP contribution in [0.5, 0.6) is 11.5 Å². The Labute approximate surface area is 175 Å². The van der Waals surface area contributed by atoms with Crippen LogP contribution in [0.2, 0.25) is 0 Å². The quantitative estimate of drug-likeness (QED) is 0.343. The van der Waals surface area contributed by atoms with Gasteiger partial charge in [-0.25, -0.2) is 0 Å². The SMILES string of the molecule is CCN1C(=O)/C(=C\c2cccc(OCCCOc3cccc(C)c3)c2)SC1=S. The minimum Gasteiger partial charge on any atom is -0.493 e. The zero-order chi connectivity index (χ0) is 19.9. The summed E-state index contributed by atoms with van der Waals surface area (Å²) >= 11 is 6.59. The fourth-order valence-electron chi connectivity index (χ4n) is 2.76. The number of benzene rings is 2. The first kappa shape index (κ1) is 20.4. The molecule has 1 aliphatic heterocycles. The number of carbonyl (C=O) groups excluding carboxylic acids is 1. The van der Waals surface area contributed by atoms with Gasteiger partial charge in [-0.2, -0.15) is 0 Å². The van der Waals surface area contributed by atoms with Crippen LogP contribution in [0.25, 0.3) is 6.08 Å². The van der Waals surface area contributed by atoms with Crippen molar-refractivity contribution in [2.24, 2.45) is 0 Å². The molecule has 1 aliphatic rings. The lowest BCUT2D eigenvalue weighted by atomic mass is 10.2. The highest BCUT2D eigenvalue weighted by Gasteiger charge is 2.30. The average Bonchev–Trinajstić information content (AvgIpc) is 2.94. The van der Waals surface area contributed by atoms with Crippen molar-refractivity contribution in [2.75, 3.05) is 19.8 Å². The Bertz CT molecular complexity index is 895. The van der Waals surface area contributed by atoms with Crippen LogP contribution in [0.1, 0.15) is 24.5 Å². The summed E-state index contributed by atoms with van der Waals surface area (Å²) in [6, 6.07) is 15.7. The molecule has 0 unspecified atom stereocenters. The van der Waals surface area contributed by atoms with Crippen LogP contribution < -0.4 is 9.47 Å². The minimum absolute atomic E-state index is 0.0304. The summed E-state index contributed by atoms with van der Waals surface area (Å²) in [7, 11) is 0. The van der Waals surface area contributed by atoms with E-state index in [0.717, 1.165) is 23.5 Å². The molecule has 0 aromatic heterocycles. The van der Waals surface area contributed by atoms with Crippen molar-refractivity contribution in [3.8, 4) is 11.5 Å². The number of ether oxygens (including phenoxy) is 2. The van der Waals surface area contributed by atoms with E-state index < -0.39 is 0 Å². The summed E-state index contributed by atoms with van der Waals surface area (Å²) in [5, 5.41) is 0. The number of hydrogen-bond donors (Lipinski definition) is 0. The van der Waals surface area contributed by atoms with Crippen molar-refractivity contribution < 1.29 is 14.3 Å². The van der Waals surface area contributed by atoms with E-state index in [0.29, 0.717) is 29.0 Å². The Morgan fingerprint density at radius 3 is 2.39 bits per heavy atom. The maximum Gasteiger partial charge on any atom is 0.266 e. The van der Waals surface area contributed by atoms with Gasteiger partial charge in [0.15, 0.2) is 0 Å². The monoisotopic (exact) mass is 413 g/mol. The number of nitrogens with zero attached hydrogens (tertiary/aromatic N) is 1. The van der Waals surface area contributed by atoms with Gasteiger partial charge in [0, 0.05) is 13.0 Å². The lowest BCUT2D eigenvalue weighted by Gasteiger charge is -2.10. The van der Waals surface area contributed by atoms with Crippen molar-refractivity contribution >= 4 is 40.3 Å². The molecular weight excluding hydrogens is 390 g/mol. The van der Waals surface area contributed by atoms with Crippen molar-refractivity contribution in [3.63, 3.8) is 0 Å². The zero-order valence-electron chi connectivity index (χ0n) is 16.0. The first-order chi connectivity index (χ1) is 13.6. The zero-order valence-corrected chi connectivity index (χ0v) is 17.6. The van der Waals surface area contributed by atoms with Gasteiger partial charge in [0.2, 0.25) is 0 Å². The highest BCUT2D eigenvalue weighted by Crippen LogP contribution is 2.32. The molecule has 1 amide bonds. The van der Waals surface area contributed by atoms with E-state index in [4.69, 9.17) is 21.7 Å². The summed E-state index contributed by atoms with van der Waals surface area (Å²) in [5.41, 5.74) is 2.10. The number of likely N-dealkylation sites (N-methyl/N-ethyl adjacent to an activating group) is 1. The highest BCUT2D eigenvalue weighted by molar-refractivity contribution is 8.26. The average molecular weight is 414 g/mol. The standard InChI is InChI=1S/C22H23NO3S2/c1-3-23-21(24)20(28-22(23)27)15-17-8-5-10-19(14-17)26-12-6-11-25-18-9-4-7-16(2)13-18/h4-5,7-10,13-15H,3,6,11-12H2,1-2H3/b20-15+. The van der Waals surface area contributed by atoms with Crippen molar-refractivity contribution in [1.82, 2.24) is 4.90 Å². The lowest BCUT2D eigenvalue weighted by molar-refractivity contribution is -0.121. The second-order valence-corrected chi connectivity index (χ2v) is 8.04. The molecule has 6 heteroatoms. The van der Waals surface area contributed by atoms with Gasteiger partial charge in [-0.3, -0.25) is 9.69 Å². The first-order valence-electron chi connectivity index (χ1n) is 9.24. The van der Waals surface area contributed by atoms with Crippen LogP contribution in [0.4, 0.5) is 0 Å². The van der Waals surface area contributed by atoms with Gasteiger partial charge >= 0.3 is 0 Å². The van der Waals surface area contributed by atoms with E-state index in [-0.39, 0.29) is 5.91 Å². The Morgan fingerprint density at radius 1 is 1.07 bits per heavy atom. The third-order valence-electron chi connectivity index (χ3n) is 4.16. The molecule has 1 fully saturated rings. The van der Waals surface area contributed by atoms with Gasteiger partial charge in [-0.05, 0) is 55.3 Å². The molecule has 2 aromatic rings. The molecule has 28 heavy (non-hydrogen) atoms. The number of thioether (sulfide) groups is 1. The van der Waals surface area contributed by atoms with E-state index in [2.05, 4.69) is 0 Å². The number of aryl methyl sites for hydroxylation is 1. The first-order valence-corrected chi connectivity index (χ1v) is 10.5. The maximum atomic E-state index is 12.3. The van der Waals surface area contributed by atoms with Crippen LogP contribution >= 0.6 is 24.0 Å². The maximum absolute atomic E-state index is 12.3. The summed E-state index contributed by atoms with van der Waals surface area (Å²) < 4.78 is 12.2. The highest BCUT2D eigenvalue weighted by atomic mass is 32.2. The van der Waals surface area contributed by atoms with Crippen LogP contribution in [0, 0.1) is 6.92 Å². The molecule has 0 radical (unpaired) electrons. The smallest absolute Gasteiger partial charge is 0.266 e. The van der Waals surface area contributed by atoms with Gasteiger partial charge in [0.25, 0.3) is 5.91 Å². The molecule has 0 spiro atoms. The Balaban J connectivity index is 1.50. The third kappa shape index (κ3) is 5.36. The number of hydrogen-bond acceptors (Lipinski definition) is 5. The largest absolute Gasteiger partial charge is 0.493 e. The summed E-state index contributed by atoms with van der Waals surface area (Å²) in [6.45, 7) is 5.72. The second kappa shape index (κ2) is 9.75. The molecule has 0 saturated carbocycles. The number of rotatable bonds is 8. The van der Waals surface area contributed by atoms with E-state index in [9.17, 15) is 4.79 Å². The number of thiocarbonyl (C=S) groups is 1. The summed E-state index contributed by atoms with van der Waals surface area (Å²) in [4.78, 5) is 14.6. The third-order valence-corrected chi connectivity index (χ3v) is 5.54. The fourth-order valence-corrected chi connectivity index (χ4v) is 4.15. The van der Waals surface area contributed by atoms with Crippen LogP contribution in [-0.4, -0.2) is 34.9 Å². The van der Waals surface area contributed by atoms with Crippen LogP contribution in [-0.2, 0) is 4.79 Å². The van der Waals surface area contributed by atoms with Gasteiger partial charge in [0.05, 0.1) is 18.1 Å². The molecule has 2 aromatic carbocycles. The van der Waals surface area contributed by atoms with Crippen LogP contribution in [0.3, 0.4) is 0 Å². The molecule has 0 aliphatic carbocycles. The van der Waals surface area contributed by atoms with Gasteiger partial charge < -0.3 is 9.47 Å². The number of amides is 1. The Hall–Kier alpha value is -2.31. The molecule has 1 saturated heterocycles. The fraction of sp³-hybridized carbons (Fsp3) is 0.273. The molecule has 4 nitrogen and oxygen atoms in total. The van der Waals surface area contributed by atoms with Crippen molar-refractivity contribution in [3.05, 3.63) is 64.6 Å². The second-order valence-electron chi connectivity index (χ2n) is 6.37. The Morgan fingerprint density at radius 2 is 1.75 bits per heavy atom. The molecule has 0 atom stereocenters. The van der Waals surface area contributed by atoms with E-state index in [1.165, 1.54) is 17.3 Å². The van der Waals surface area contributed by atoms with Crippen molar-refractivity contribution in [1.29, 1.82) is 0 Å². The molecule has 3 rings (SSSR count). The van der Waals surface area contributed by atoms with E-state index >= 15 is 0 Å². The predicted octanol–water partition coefficient (Wildman–Crippen LogP) is 5.06. The molecule has 0 N–H and O–H groups in total. The van der Waals surface area contributed by atoms with Crippen molar-refractivity contribution in [2.45, 2.75) is 20.3 Å². The Kier molecular flexibility index (Phi) is 7.12. The summed E-state index contributed by atoms with van der Waals surface area (Å²) in [5.74, 6) is 1.62. The molecular formula is C22H23NO3S2. The van der Waals surface area contributed by atoms with E-state index in [1.807, 2.05) is 68.5 Å². The molecule has 146 valence electrons. The van der Waals surface area contributed by atoms with E-state index in [1.54, 1.807) is 4.90 Å². The molecule has 1 heterocycles.